The van der Waals surface area contributed by atoms with Gasteiger partial charge in [-0.25, -0.2) is 0 Å². The first-order valence-electron chi connectivity index (χ1n) is 12.8. The lowest BCUT2D eigenvalue weighted by Gasteiger charge is -2.27. The van der Waals surface area contributed by atoms with E-state index in [-0.39, 0.29) is 11.8 Å². The molecule has 2 heterocycles. The predicted octanol–water partition coefficient (Wildman–Crippen LogP) is 5.72. The molecule has 2 aromatic heterocycles. The second-order valence-electron chi connectivity index (χ2n) is 10.7. The maximum absolute atomic E-state index is 13.5. The third-order valence-corrected chi connectivity index (χ3v) is 6.95. The van der Waals surface area contributed by atoms with E-state index in [0.29, 0.717) is 30.5 Å². The van der Waals surface area contributed by atoms with Crippen molar-refractivity contribution in [3.63, 3.8) is 0 Å². The molecule has 0 spiro atoms. The van der Waals surface area contributed by atoms with E-state index in [2.05, 4.69) is 10.4 Å². The molecule has 1 aliphatic carbocycles. The van der Waals surface area contributed by atoms with Gasteiger partial charge in [0.2, 0.25) is 5.91 Å². The summed E-state index contributed by atoms with van der Waals surface area (Å²) >= 11 is 0. The fourth-order valence-corrected chi connectivity index (χ4v) is 4.92. The smallest absolute Gasteiger partial charge is 0.248 e. The Morgan fingerprint density at radius 2 is 1.97 bits per heavy atom. The summed E-state index contributed by atoms with van der Waals surface area (Å²) in [6.07, 6.45) is 9.79. The van der Waals surface area contributed by atoms with Gasteiger partial charge in [-0.15, -0.1) is 0 Å². The van der Waals surface area contributed by atoms with Crippen LogP contribution in [0.1, 0.15) is 69.5 Å². The summed E-state index contributed by atoms with van der Waals surface area (Å²) in [5, 5.41) is 28.2. The second kappa shape index (κ2) is 10.8. The molecule has 194 valence electrons. The number of aryl methyl sites for hydroxylation is 1. The van der Waals surface area contributed by atoms with Crippen molar-refractivity contribution < 1.29 is 19.7 Å². The van der Waals surface area contributed by atoms with Crippen LogP contribution in [0, 0.1) is 19.8 Å². The van der Waals surface area contributed by atoms with E-state index >= 15 is 0 Å². The van der Waals surface area contributed by atoms with Crippen molar-refractivity contribution in [1.82, 2.24) is 14.3 Å². The fourth-order valence-electron chi connectivity index (χ4n) is 4.92. The first kappa shape index (κ1) is 25.8. The Morgan fingerprint density at radius 3 is 2.69 bits per heavy atom. The van der Waals surface area contributed by atoms with Gasteiger partial charge in [-0.3, -0.25) is 9.48 Å². The number of benzene rings is 1. The third-order valence-electron chi connectivity index (χ3n) is 6.95. The Bertz CT molecular complexity index is 1180. The molecule has 0 saturated heterocycles. The van der Waals surface area contributed by atoms with Gasteiger partial charge in [0.25, 0.3) is 0 Å². The summed E-state index contributed by atoms with van der Waals surface area (Å²) < 4.78 is 9.30. The van der Waals surface area contributed by atoms with Crippen molar-refractivity contribution in [2.24, 2.45) is 5.92 Å². The molecule has 8 heteroatoms. The van der Waals surface area contributed by atoms with Crippen molar-refractivity contribution in [3.8, 4) is 17.4 Å². The Balaban J connectivity index is 1.56. The van der Waals surface area contributed by atoms with Gasteiger partial charge >= 0.3 is 0 Å². The zero-order chi connectivity index (χ0) is 25.9. The molecule has 1 amide bonds. The van der Waals surface area contributed by atoms with Gasteiger partial charge in [0.05, 0.1) is 18.3 Å². The van der Waals surface area contributed by atoms with E-state index in [0.717, 1.165) is 29.7 Å². The number of hydrogen-bond acceptors (Lipinski definition) is 5. The average Bonchev–Trinajstić information content (AvgIpc) is 3.40. The molecule has 1 atom stereocenters. The normalized spacial score (nSPS) is 15.6. The van der Waals surface area contributed by atoms with E-state index in [9.17, 15) is 15.0 Å². The molecule has 3 aromatic rings. The van der Waals surface area contributed by atoms with Crippen LogP contribution in [-0.4, -0.2) is 36.1 Å². The van der Waals surface area contributed by atoms with Crippen LogP contribution in [0.5, 0.6) is 17.4 Å². The number of ether oxygens (including phenoxy) is 1. The standard InChI is InChI=1S/C28H38N4O4/c1-19-9-8-12-24(20(19)2)36-22-16-26(33)32(17-22)23(15-21-10-6-5-7-11-21)27(34)29-25-13-14-31(30-25)18-28(3,4)35/h8-9,12-14,16-17,21,23,33,35H,5-7,10-11,15,18H2,1-4H3,(H,29,30,34)/t23-/m0/s1. The molecule has 0 radical (unpaired) electrons. The topological polar surface area (TPSA) is 102 Å². The highest BCUT2D eigenvalue weighted by Gasteiger charge is 2.29. The van der Waals surface area contributed by atoms with Gasteiger partial charge in [0.1, 0.15) is 17.5 Å². The Kier molecular flexibility index (Phi) is 7.73. The zero-order valence-electron chi connectivity index (χ0n) is 21.7. The lowest BCUT2D eigenvalue weighted by molar-refractivity contribution is -0.120. The quantitative estimate of drug-likeness (QED) is 0.353. The fraction of sp³-hybridized carbons (Fsp3) is 0.500. The van der Waals surface area contributed by atoms with Crippen molar-refractivity contribution in [3.05, 3.63) is 53.9 Å². The molecule has 1 aromatic carbocycles. The molecule has 1 aliphatic rings. The minimum atomic E-state index is -0.917. The Morgan fingerprint density at radius 1 is 1.22 bits per heavy atom. The summed E-state index contributed by atoms with van der Waals surface area (Å²) in [5.41, 5.74) is 1.23. The molecular formula is C28H38N4O4. The molecule has 36 heavy (non-hydrogen) atoms. The number of hydrogen-bond donors (Lipinski definition) is 3. The number of carbonyl (C=O) groups excluding carboxylic acids is 1. The lowest BCUT2D eigenvalue weighted by atomic mass is 9.84. The van der Waals surface area contributed by atoms with Crippen LogP contribution in [0.4, 0.5) is 5.82 Å². The first-order valence-corrected chi connectivity index (χ1v) is 12.8. The molecule has 0 bridgehead atoms. The highest BCUT2D eigenvalue weighted by atomic mass is 16.5. The largest absolute Gasteiger partial charge is 0.494 e. The van der Waals surface area contributed by atoms with E-state index in [1.165, 1.54) is 19.3 Å². The first-order chi connectivity index (χ1) is 17.1. The average molecular weight is 495 g/mol. The molecular weight excluding hydrogens is 456 g/mol. The molecule has 0 aliphatic heterocycles. The van der Waals surface area contributed by atoms with Crippen LogP contribution in [0.25, 0.3) is 0 Å². The maximum atomic E-state index is 13.5. The maximum Gasteiger partial charge on any atom is 0.248 e. The van der Waals surface area contributed by atoms with Crippen LogP contribution in [0.3, 0.4) is 0 Å². The molecule has 3 N–H and O–H groups in total. The van der Waals surface area contributed by atoms with Crippen LogP contribution in [0.15, 0.2) is 42.7 Å². The SMILES string of the molecule is Cc1cccc(Oc2cc(O)n([C@@H](CC3CCCCC3)C(=O)Nc3ccn(CC(C)(C)O)n3)c2)c1C. The van der Waals surface area contributed by atoms with Gasteiger partial charge < -0.3 is 24.8 Å². The summed E-state index contributed by atoms with van der Waals surface area (Å²) in [6.45, 7) is 7.75. The van der Waals surface area contributed by atoms with Crippen molar-refractivity contribution in [2.45, 2.75) is 84.4 Å². The summed E-state index contributed by atoms with van der Waals surface area (Å²) in [7, 11) is 0. The van der Waals surface area contributed by atoms with Crippen molar-refractivity contribution in [1.29, 1.82) is 0 Å². The third kappa shape index (κ3) is 6.49. The number of carbonyl (C=O) groups is 1. The van der Waals surface area contributed by atoms with Crippen molar-refractivity contribution in [2.75, 3.05) is 5.32 Å². The van der Waals surface area contributed by atoms with Crippen LogP contribution in [0.2, 0.25) is 0 Å². The minimum absolute atomic E-state index is 0.0150. The number of nitrogens with one attached hydrogen (secondary N) is 1. The van der Waals surface area contributed by atoms with Gasteiger partial charge in [0.15, 0.2) is 11.7 Å². The van der Waals surface area contributed by atoms with E-state index in [1.54, 1.807) is 47.6 Å². The number of rotatable bonds is 9. The van der Waals surface area contributed by atoms with Crippen LogP contribution < -0.4 is 10.1 Å². The highest BCUT2D eigenvalue weighted by molar-refractivity contribution is 5.93. The van der Waals surface area contributed by atoms with Gasteiger partial charge in [-0.05, 0) is 57.2 Å². The van der Waals surface area contributed by atoms with Crippen LogP contribution in [-0.2, 0) is 11.3 Å². The number of amides is 1. The van der Waals surface area contributed by atoms with E-state index in [4.69, 9.17) is 4.74 Å². The molecule has 1 saturated carbocycles. The lowest BCUT2D eigenvalue weighted by Crippen LogP contribution is -2.29. The summed E-state index contributed by atoms with van der Waals surface area (Å²) in [6, 6.07) is 8.52. The number of aromatic nitrogens is 3. The summed E-state index contributed by atoms with van der Waals surface area (Å²) in [4.78, 5) is 13.5. The zero-order valence-corrected chi connectivity index (χ0v) is 21.7. The molecule has 1 fully saturated rings. The monoisotopic (exact) mass is 494 g/mol. The highest BCUT2D eigenvalue weighted by Crippen LogP contribution is 2.37. The molecule has 4 rings (SSSR count). The van der Waals surface area contributed by atoms with E-state index in [1.807, 2.05) is 32.0 Å². The Hall–Kier alpha value is -3.26. The number of nitrogens with zero attached hydrogens (tertiary/aromatic N) is 3. The minimum Gasteiger partial charge on any atom is -0.494 e. The van der Waals surface area contributed by atoms with Gasteiger partial charge in [0, 0.05) is 18.3 Å². The van der Waals surface area contributed by atoms with Gasteiger partial charge in [-0.2, -0.15) is 5.10 Å². The van der Waals surface area contributed by atoms with E-state index < -0.39 is 11.6 Å². The van der Waals surface area contributed by atoms with Crippen LogP contribution >= 0.6 is 0 Å². The number of aromatic hydroxyl groups is 1. The van der Waals surface area contributed by atoms with Gasteiger partial charge in [-0.1, -0.05) is 44.2 Å². The Labute approximate surface area is 212 Å². The summed E-state index contributed by atoms with van der Waals surface area (Å²) in [5.74, 6) is 1.77. The number of aliphatic hydroxyl groups is 1. The predicted molar refractivity (Wildman–Crippen MR) is 139 cm³/mol. The number of anilines is 1. The van der Waals surface area contributed by atoms with Crippen molar-refractivity contribution >= 4 is 11.7 Å². The molecule has 0 unspecified atom stereocenters. The second-order valence-corrected chi connectivity index (χ2v) is 10.7. The molecule has 8 nitrogen and oxygen atoms in total.